The van der Waals surface area contributed by atoms with Crippen molar-refractivity contribution in [2.24, 2.45) is 0 Å². The van der Waals surface area contributed by atoms with Crippen LogP contribution in [0.15, 0.2) is 164 Å². The fourth-order valence-electron chi connectivity index (χ4n) is 7.15. The van der Waals surface area contributed by atoms with Gasteiger partial charge in [0.15, 0.2) is 5.69 Å². The summed E-state index contributed by atoms with van der Waals surface area (Å²) in [6.45, 7) is 7.71. The van der Waals surface area contributed by atoms with Gasteiger partial charge in [-0.15, -0.1) is 0 Å². The minimum absolute atomic E-state index is 0.631. The number of nitrogens with zero attached hydrogens (tertiary/aromatic N) is 3. The van der Waals surface area contributed by atoms with E-state index in [1.165, 1.54) is 43.7 Å². The lowest BCUT2D eigenvalue weighted by atomic mass is 9.98. The van der Waals surface area contributed by atoms with E-state index in [-0.39, 0.29) is 0 Å². The molecule has 3 nitrogen and oxygen atoms in total. The molecule has 0 atom stereocenters. The van der Waals surface area contributed by atoms with Crippen molar-refractivity contribution in [3.63, 3.8) is 0 Å². The van der Waals surface area contributed by atoms with Gasteiger partial charge in [0.25, 0.3) is 0 Å². The largest absolute Gasteiger partial charge is 0.309 e. The molecule has 0 amide bonds. The zero-order valence-electron chi connectivity index (χ0n) is 24.9. The lowest BCUT2D eigenvalue weighted by Gasteiger charge is -2.15. The van der Waals surface area contributed by atoms with Crippen molar-refractivity contribution in [1.82, 2.24) is 9.13 Å². The second kappa shape index (κ2) is 10.4. The van der Waals surface area contributed by atoms with E-state index in [4.69, 9.17) is 6.57 Å². The van der Waals surface area contributed by atoms with Gasteiger partial charge in [0.05, 0.1) is 34.3 Å². The standard InChI is InChI=1S/C43H27N3/c1-44-31-24-26-40(37(28-31)29-13-4-2-5-14-29)46-39-21-11-9-18-36(39)43-33(19-12-22-41(43)46)30-23-25-35-34-17-8-10-20-38(34)45(42(35)27-30)32-15-6-3-7-16-32/h2-28H. The number of hydrogen-bond donors (Lipinski definition) is 0. The molecule has 2 aromatic heterocycles. The van der Waals surface area contributed by atoms with E-state index < -0.39 is 0 Å². The van der Waals surface area contributed by atoms with Crippen molar-refractivity contribution in [1.29, 1.82) is 0 Å². The molecule has 0 bridgehead atoms. The molecule has 7 aromatic carbocycles. The SMILES string of the molecule is [C-]#[N+]c1ccc(-n2c3ccccc3c3c(-c4ccc5c6ccccc6n(-c6ccccc6)c5c4)cccc32)c(-c2ccccc2)c1. The molecular formula is C43H27N3. The number of hydrogen-bond acceptors (Lipinski definition) is 0. The maximum Gasteiger partial charge on any atom is 0.188 e. The second-order valence-electron chi connectivity index (χ2n) is 11.7. The first-order valence-corrected chi connectivity index (χ1v) is 15.5. The van der Waals surface area contributed by atoms with Gasteiger partial charge < -0.3 is 9.13 Å². The van der Waals surface area contributed by atoms with Gasteiger partial charge >= 0.3 is 0 Å². The number of para-hydroxylation sites is 3. The van der Waals surface area contributed by atoms with Gasteiger partial charge in [-0.3, -0.25) is 0 Å². The molecule has 9 aromatic rings. The molecular weight excluding hydrogens is 558 g/mol. The van der Waals surface area contributed by atoms with Gasteiger partial charge in [-0.2, -0.15) is 0 Å². The monoisotopic (exact) mass is 585 g/mol. The van der Waals surface area contributed by atoms with Crippen LogP contribution >= 0.6 is 0 Å². The third-order valence-corrected chi connectivity index (χ3v) is 9.13. The maximum absolute atomic E-state index is 7.71. The molecule has 214 valence electrons. The average Bonchev–Trinajstić information content (AvgIpc) is 3.65. The molecule has 0 aliphatic heterocycles. The Bertz CT molecular complexity index is 2630. The highest BCUT2D eigenvalue weighted by atomic mass is 15.0. The zero-order chi connectivity index (χ0) is 30.6. The van der Waals surface area contributed by atoms with Crippen LogP contribution in [0.4, 0.5) is 5.69 Å². The molecule has 0 N–H and O–H groups in total. The first-order chi connectivity index (χ1) is 22.8. The molecule has 46 heavy (non-hydrogen) atoms. The Morgan fingerprint density at radius 1 is 0.413 bits per heavy atom. The summed E-state index contributed by atoms with van der Waals surface area (Å²) >= 11 is 0. The lowest BCUT2D eigenvalue weighted by Crippen LogP contribution is -1.97. The zero-order valence-corrected chi connectivity index (χ0v) is 24.9. The van der Waals surface area contributed by atoms with Crippen LogP contribution in [0.25, 0.3) is 82.1 Å². The molecule has 0 aliphatic carbocycles. The molecule has 0 saturated carbocycles. The Morgan fingerprint density at radius 2 is 1.07 bits per heavy atom. The molecule has 0 aliphatic rings. The summed E-state index contributed by atoms with van der Waals surface area (Å²) in [5.74, 6) is 0. The van der Waals surface area contributed by atoms with Crippen molar-refractivity contribution in [2.75, 3.05) is 0 Å². The second-order valence-corrected chi connectivity index (χ2v) is 11.7. The van der Waals surface area contributed by atoms with Gasteiger partial charge in [-0.25, -0.2) is 4.85 Å². The number of rotatable bonds is 4. The van der Waals surface area contributed by atoms with Crippen LogP contribution in [0.5, 0.6) is 0 Å². The summed E-state index contributed by atoms with van der Waals surface area (Å²) in [6, 6.07) is 57.9. The van der Waals surface area contributed by atoms with E-state index in [9.17, 15) is 0 Å². The fourth-order valence-corrected chi connectivity index (χ4v) is 7.15. The molecule has 0 saturated heterocycles. The van der Waals surface area contributed by atoms with Gasteiger partial charge in [-0.1, -0.05) is 115 Å². The van der Waals surface area contributed by atoms with Crippen molar-refractivity contribution >= 4 is 49.3 Å². The highest BCUT2D eigenvalue weighted by Gasteiger charge is 2.20. The fraction of sp³-hybridized carbons (Fsp3) is 0. The summed E-state index contributed by atoms with van der Waals surface area (Å²) in [5.41, 5.74) is 12.0. The van der Waals surface area contributed by atoms with Crippen LogP contribution < -0.4 is 0 Å². The van der Waals surface area contributed by atoms with E-state index >= 15 is 0 Å². The topological polar surface area (TPSA) is 14.2 Å². The minimum Gasteiger partial charge on any atom is -0.309 e. The molecule has 0 unspecified atom stereocenters. The summed E-state index contributed by atoms with van der Waals surface area (Å²) < 4.78 is 4.74. The van der Waals surface area contributed by atoms with Gasteiger partial charge in [0.2, 0.25) is 0 Å². The van der Waals surface area contributed by atoms with Crippen molar-refractivity contribution in [2.45, 2.75) is 0 Å². The number of aromatic nitrogens is 2. The Labute approximate surface area is 266 Å². The quantitative estimate of drug-likeness (QED) is 0.182. The number of fused-ring (bicyclic) bond motifs is 6. The van der Waals surface area contributed by atoms with Gasteiger partial charge in [0.1, 0.15) is 0 Å². The van der Waals surface area contributed by atoms with E-state index in [0.717, 1.165) is 33.5 Å². The summed E-state index contributed by atoms with van der Waals surface area (Å²) in [4.78, 5) is 3.77. The van der Waals surface area contributed by atoms with Crippen LogP contribution in [0.1, 0.15) is 0 Å². The van der Waals surface area contributed by atoms with Crippen LogP contribution in [0.3, 0.4) is 0 Å². The highest BCUT2D eigenvalue weighted by Crippen LogP contribution is 2.42. The predicted octanol–water partition coefficient (Wildman–Crippen LogP) is 11.8. The molecule has 2 heterocycles. The Hall–Kier alpha value is -6.37. The molecule has 0 spiro atoms. The van der Waals surface area contributed by atoms with Gasteiger partial charge in [-0.05, 0) is 70.8 Å². The van der Waals surface area contributed by atoms with Crippen LogP contribution in [-0.4, -0.2) is 9.13 Å². The highest BCUT2D eigenvalue weighted by molar-refractivity contribution is 6.17. The van der Waals surface area contributed by atoms with Crippen LogP contribution in [-0.2, 0) is 0 Å². The summed E-state index contributed by atoms with van der Waals surface area (Å²) in [5, 5.41) is 4.90. The van der Waals surface area contributed by atoms with Gasteiger partial charge in [0, 0.05) is 27.2 Å². The lowest BCUT2D eigenvalue weighted by molar-refractivity contribution is 1.18. The molecule has 0 fully saturated rings. The van der Waals surface area contributed by atoms with E-state index in [1.807, 2.05) is 18.2 Å². The smallest absolute Gasteiger partial charge is 0.188 e. The Kier molecular flexibility index (Phi) is 5.88. The van der Waals surface area contributed by atoms with E-state index in [1.54, 1.807) is 0 Å². The molecule has 0 radical (unpaired) electrons. The first kappa shape index (κ1) is 26.1. The minimum atomic E-state index is 0.631. The van der Waals surface area contributed by atoms with Crippen molar-refractivity contribution in [3.05, 3.63) is 175 Å². The van der Waals surface area contributed by atoms with E-state index in [2.05, 4.69) is 160 Å². The van der Waals surface area contributed by atoms with Crippen LogP contribution in [0, 0.1) is 6.57 Å². The predicted molar refractivity (Wildman–Crippen MR) is 192 cm³/mol. The van der Waals surface area contributed by atoms with E-state index in [0.29, 0.717) is 5.69 Å². The number of benzene rings is 7. The molecule has 9 rings (SSSR count). The first-order valence-electron chi connectivity index (χ1n) is 15.5. The maximum atomic E-state index is 7.71. The molecule has 3 heteroatoms. The summed E-state index contributed by atoms with van der Waals surface area (Å²) in [7, 11) is 0. The average molecular weight is 586 g/mol. The third-order valence-electron chi connectivity index (χ3n) is 9.13. The summed E-state index contributed by atoms with van der Waals surface area (Å²) in [6.07, 6.45) is 0. The Morgan fingerprint density at radius 3 is 1.85 bits per heavy atom. The van der Waals surface area contributed by atoms with Crippen molar-refractivity contribution in [3.8, 4) is 33.6 Å². The van der Waals surface area contributed by atoms with Crippen LogP contribution in [0.2, 0.25) is 0 Å². The Balaban J connectivity index is 1.34. The van der Waals surface area contributed by atoms with Crippen molar-refractivity contribution < 1.29 is 0 Å². The third kappa shape index (κ3) is 3.91. The normalized spacial score (nSPS) is 11.5.